The molecule has 0 aliphatic heterocycles. The van der Waals surface area contributed by atoms with Crippen LogP contribution in [0.1, 0.15) is 32.1 Å². The average molecular weight is 333 g/mol. The number of carbonyl (C=O) groups excluding carboxylic acids is 1. The highest BCUT2D eigenvalue weighted by Crippen LogP contribution is 2.30. The number of nitrogens with two attached hydrogens (primary N) is 1. The maximum absolute atomic E-state index is 11.9. The first-order chi connectivity index (χ1) is 8.48. The van der Waals surface area contributed by atoms with Gasteiger partial charge in [0.25, 0.3) is 0 Å². The third-order valence-corrected chi connectivity index (χ3v) is 4.33. The molecular weight excluding hydrogens is 318 g/mol. The lowest BCUT2D eigenvalue weighted by Gasteiger charge is -2.22. The molecule has 0 spiro atoms. The predicted octanol–water partition coefficient (Wildman–Crippen LogP) is 3.10. The molecule has 1 aromatic heterocycles. The molecule has 98 valence electrons. The van der Waals surface area contributed by atoms with Crippen LogP contribution in [0.4, 0.5) is 5.69 Å². The van der Waals surface area contributed by atoms with Crippen molar-refractivity contribution < 1.29 is 4.79 Å². The molecule has 0 bridgehead atoms. The van der Waals surface area contributed by atoms with Crippen molar-refractivity contribution in [2.24, 2.45) is 5.73 Å². The number of hydrogen-bond acceptors (Lipinski definition) is 3. The number of halogens is 2. The maximum Gasteiger partial charge on any atom is 0.226 e. The summed E-state index contributed by atoms with van der Waals surface area (Å²) in [5, 5.41) is 3.17. The summed E-state index contributed by atoms with van der Waals surface area (Å²) in [5.74, 6) is -0.0737. The number of amides is 1. The zero-order valence-electron chi connectivity index (χ0n) is 9.88. The van der Waals surface area contributed by atoms with Crippen LogP contribution in [0.25, 0.3) is 0 Å². The standard InChI is InChI=1S/C12H15BrClN3O/c13-9-5-8(7-16-11(9)14)17-10(18)6-12(15)3-1-2-4-12/h5,7H,1-4,6,15H2,(H,17,18). The summed E-state index contributed by atoms with van der Waals surface area (Å²) >= 11 is 9.05. The van der Waals surface area contributed by atoms with Gasteiger partial charge in [-0.1, -0.05) is 24.4 Å². The summed E-state index contributed by atoms with van der Waals surface area (Å²) in [7, 11) is 0. The highest BCUT2D eigenvalue weighted by molar-refractivity contribution is 9.10. The summed E-state index contributed by atoms with van der Waals surface area (Å²) in [6, 6.07) is 1.73. The fraction of sp³-hybridized carbons (Fsp3) is 0.500. The molecule has 0 atom stereocenters. The molecule has 1 heterocycles. The number of rotatable bonds is 3. The molecule has 1 saturated carbocycles. The van der Waals surface area contributed by atoms with Crippen molar-refractivity contribution in [1.82, 2.24) is 4.98 Å². The van der Waals surface area contributed by atoms with Gasteiger partial charge in [-0.3, -0.25) is 4.79 Å². The number of anilines is 1. The third-order valence-electron chi connectivity index (χ3n) is 3.19. The summed E-state index contributed by atoms with van der Waals surface area (Å²) in [6.07, 6.45) is 5.94. The molecule has 0 saturated heterocycles. The van der Waals surface area contributed by atoms with Gasteiger partial charge in [0.2, 0.25) is 5.91 Å². The zero-order chi connectivity index (χ0) is 13.2. The Bertz CT molecular complexity index is 461. The molecule has 0 unspecified atom stereocenters. The minimum absolute atomic E-state index is 0.0737. The van der Waals surface area contributed by atoms with Gasteiger partial charge >= 0.3 is 0 Å². The Labute approximate surface area is 119 Å². The van der Waals surface area contributed by atoms with Crippen LogP contribution in [-0.4, -0.2) is 16.4 Å². The topological polar surface area (TPSA) is 68.0 Å². The van der Waals surface area contributed by atoms with Crippen LogP contribution in [0.15, 0.2) is 16.7 Å². The Hall–Kier alpha value is -0.650. The Balaban J connectivity index is 1.96. The fourth-order valence-corrected chi connectivity index (χ4v) is 2.72. The molecule has 6 heteroatoms. The van der Waals surface area contributed by atoms with Crippen LogP contribution in [0.5, 0.6) is 0 Å². The van der Waals surface area contributed by atoms with E-state index in [4.69, 9.17) is 17.3 Å². The fourth-order valence-electron chi connectivity index (χ4n) is 2.27. The van der Waals surface area contributed by atoms with Crippen molar-refractivity contribution in [2.75, 3.05) is 5.32 Å². The van der Waals surface area contributed by atoms with E-state index in [1.807, 2.05) is 0 Å². The van der Waals surface area contributed by atoms with E-state index in [1.165, 1.54) is 6.20 Å². The summed E-state index contributed by atoms with van der Waals surface area (Å²) in [5.41, 5.74) is 6.45. The molecule has 1 aliphatic carbocycles. The van der Waals surface area contributed by atoms with Crippen LogP contribution in [0, 0.1) is 0 Å². The Kier molecular flexibility index (Phi) is 4.25. The van der Waals surface area contributed by atoms with Crippen LogP contribution < -0.4 is 11.1 Å². The second-order valence-electron chi connectivity index (χ2n) is 4.79. The molecule has 1 aromatic rings. The second-order valence-corrected chi connectivity index (χ2v) is 6.00. The number of nitrogens with zero attached hydrogens (tertiary/aromatic N) is 1. The highest BCUT2D eigenvalue weighted by atomic mass is 79.9. The average Bonchev–Trinajstić information content (AvgIpc) is 2.70. The van der Waals surface area contributed by atoms with E-state index in [2.05, 4.69) is 26.2 Å². The van der Waals surface area contributed by atoms with Gasteiger partial charge in [0, 0.05) is 12.0 Å². The van der Waals surface area contributed by atoms with Gasteiger partial charge < -0.3 is 11.1 Å². The molecule has 1 amide bonds. The molecule has 4 nitrogen and oxygen atoms in total. The van der Waals surface area contributed by atoms with Gasteiger partial charge in [0.15, 0.2) is 0 Å². The van der Waals surface area contributed by atoms with Gasteiger partial charge in [0.1, 0.15) is 5.15 Å². The summed E-state index contributed by atoms with van der Waals surface area (Å²) in [4.78, 5) is 15.9. The van der Waals surface area contributed by atoms with Crippen molar-refractivity contribution >= 4 is 39.1 Å². The Morgan fingerprint density at radius 2 is 2.22 bits per heavy atom. The molecular formula is C12H15BrClN3O. The summed E-state index contributed by atoms with van der Waals surface area (Å²) in [6.45, 7) is 0. The van der Waals surface area contributed by atoms with Gasteiger partial charge in [-0.25, -0.2) is 4.98 Å². The quantitative estimate of drug-likeness (QED) is 0.836. The largest absolute Gasteiger partial charge is 0.325 e. The number of hydrogen-bond donors (Lipinski definition) is 2. The van der Waals surface area contributed by atoms with Crippen LogP contribution in [0.2, 0.25) is 5.15 Å². The normalized spacial score (nSPS) is 17.7. The lowest BCUT2D eigenvalue weighted by Crippen LogP contribution is -2.40. The predicted molar refractivity (Wildman–Crippen MR) is 75.6 cm³/mol. The number of carbonyl (C=O) groups is 1. The van der Waals surface area contributed by atoms with Crippen LogP contribution in [-0.2, 0) is 4.79 Å². The van der Waals surface area contributed by atoms with Gasteiger partial charge in [-0.05, 0) is 34.8 Å². The molecule has 2 rings (SSSR count). The second kappa shape index (κ2) is 5.55. The first-order valence-electron chi connectivity index (χ1n) is 5.88. The highest BCUT2D eigenvalue weighted by Gasteiger charge is 2.31. The van der Waals surface area contributed by atoms with Gasteiger partial charge in [-0.15, -0.1) is 0 Å². The minimum Gasteiger partial charge on any atom is -0.325 e. The zero-order valence-corrected chi connectivity index (χ0v) is 12.2. The van der Waals surface area contributed by atoms with Crippen molar-refractivity contribution in [3.63, 3.8) is 0 Å². The van der Waals surface area contributed by atoms with Crippen molar-refractivity contribution in [3.8, 4) is 0 Å². The summed E-state index contributed by atoms with van der Waals surface area (Å²) < 4.78 is 0.658. The van der Waals surface area contributed by atoms with Gasteiger partial charge in [-0.2, -0.15) is 0 Å². The number of pyridine rings is 1. The molecule has 3 N–H and O–H groups in total. The van der Waals surface area contributed by atoms with E-state index < -0.39 is 0 Å². The van der Waals surface area contributed by atoms with E-state index in [9.17, 15) is 4.79 Å². The van der Waals surface area contributed by atoms with E-state index in [1.54, 1.807) is 6.07 Å². The molecule has 0 aromatic carbocycles. The SMILES string of the molecule is NC1(CC(=O)Nc2cnc(Cl)c(Br)c2)CCCC1. The third kappa shape index (κ3) is 3.43. The monoisotopic (exact) mass is 331 g/mol. The molecule has 1 aliphatic rings. The molecule has 0 radical (unpaired) electrons. The van der Waals surface area contributed by atoms with E-state index >= 15 is 0 Å². The van der Waals surface area contributed by atoms with E-state index in [-0.39, 0.29) is 11.4 Å². The van der Waals surface area contributed by atoms with Crippen molar-refractivity contribution in [1.29, 1.82) is 0 Å². The Morgan fingerprint density at radius 1 is 1.56 bits per heavy atom. The van der Waals surface area contributed by atoms with Crippen molar-refractivity contribution in [3.05, 3.63) is 21.9 Å². The smallest absolute Gasteiger partial charge is 0.226 e. The van der Waals surface area contributed by atoms with Gasteiger partial charge in [0.05, 0.1) is 16.4 Å². The lowest BCUT2D eigenvalue weighted by molar-refractivity contribution is -0.117. The molecule has 18 heavy (non-hydrogen) atoms. The first-order valence-corrected chi connectivity index (χ1v) is 7.05. The number of nitrogens with one attached hydrogen (secondary N) is 1. The number of aromatic nitrogens is 1. The van der Waals surface area contributed by atoms with E-state index in [0.29, 0.717) is 21.7 Å². The molecule has 1 fully saturated rings. The van der Waals surface area contributed by atoms with E-state index in [0.717, 1.165) is 25.7 Å². The minimum atomic E-state index is -0.332. The Morgan fingerprint density at radius 3 is 2.83 bits per heavy atom. The first kappa shape index (κ1) is 13.8. The maximum atomic E-state index is 11.9. The van der Waals surface area contributed by atoms with Crippen molar-refractivity contribution in [2.45, 2.75) is 37.6 Å². The lowest BCUT2D eigenvalue weighted by atomic mass is 9.94. The van der Waals surface area contributed by atoms with Crippen LogP contribution >= 0.6 is 27.5 Å². The van der Waals surface area contributed by atoms with Crippen LogP contribution in [0.3, 0.4) is 0 Å².